The summed E-state index contributed by atoms with van der Waals surface area (Å²) in [6.07, 6.45) is 1.39. The smallest absolute Gasteiger partial charge is 0.181 e. The highest BCUT2D eigenvalue weighted by atomic mass is 32.2. The van der Waals surface area contributed by atoms with Crippen LogP contribution in [-0.2, 0) is 15.3 Å². The van der Waals surface area contributed by atoms with Crippen molar-refractivity contribution in [3.63, 3.8) is 0 Å². The van der Waals surface area contributed by atoms with E-state index in [-0.39, 0.29) is 17.0 Å². The van der Waals surface area contributed by atoms with Crippen molar-refractivity contribution >= 4 is 26.6 Å². The number of benzene rings is 1. The Labute approximate surface area is 119 Å². The summed E-state index contributed by atoms with van der Waals surface area (Å²) < 4.78 is 28.6. The van der Waals surface area contributed by atoms with Gasteiger partial charge >= 0.3 is 0 Å². The minimum Gasteiger partial charge on any atom is -0.443 e. The first-order chi connectivity index (χ1) is 9.23. The van der Waals surface area contributed by atoms with Crippen molar-refractivity contribution in [3.05, 3.63) is 24.1 Å². The number of nitrogens with zero attached hydrogens (tertiary/aromatic N) is 1. The van der Waals surface area contributed by atoms with Crippen molar-refractivity contribution in [2.24, 2.45) is 0 Å². The summed E-state index contributed by atoms with van der Waals surface area (Å²) in [6, 6.07) is 3.76. The minimum atomic E-state index is -3.08. The predicted molar refractivity (Wildman–Crippen MR) is 80.7 cm³/mol. The first-order valence-electron chi connectivity index (χ1n) is 6.55. The molecule has 0 saturated carbocycles. The summed E-state index contributed by atoms with van der Waals surface area (Å²) in [5, 5.41) is 3.02. The number of oxazole rings is 1. The monoisotopic (exact) mass is 296 g/mol. The summed E-state index contributed by atoms with van der Waals surface area (Å²) in [4.78, 5) is 4.15. The number of sulfone groups is 1. The second-order valence-electron chi connectivity index (χ2n) is 5.82. The normalized spacial score (nSPS) is 12.8. The number of hydrogen-bond donors (Lipinski definition) is 1. The first-order valence-corrected chi connectivity index (χ1v) is 8.37. The largest absolute Gasteiger partial charge is 0.443 e. The average molecular weight is 296 g/mol. The third kappa shape index (κ3) is 3.12. The van der Waals surface area contributed by atoms with Gasteiger partial charge in [-0.1, -0.05) is 27.7 Å². The fourth-order valence-electron chi connectivity index (χ4n) is 1.96. The van der Waals surface area contributed by atoms with Crippen LogP contribution in [0.5, 0.6) is 0 Å². The number of aromatic nitrogens is 1. The van der Waals surface area contributed by atoms with E-state index in [4.69, 9.17) is 4.42 Å². The zero-order chi connectivity index (χ0) is 15.0. The van der Waals surface area contributed by atoms with Gasteiger partial charge in [0.15, 0.2) is 21.8 Å². The van der Waals surface area contributed by atoms with Crippen LogP contribution in [0.1, 0.15) is 33.3 Å². The first kappa shape index (κ1) is 14.8. The summed E-state index contributed by atoms with van der Waals surface area (Å²) in [5.41, 5.74) is 3.10. The Morgan fingerprint density at radius 3 is 2.60 bits per heavy atom. The molecule has 1 N–H and O–H groups in total. The van der Waals surface area contributed by atoms with Gasteiger partial charge in [-0.25, -0.2) is 13.4 Å². The number of hydrogen-bond acceptors (Lipinski definition) is 5. The van der Waals surface area contributed by atoms with Crippen molar-refractivity contribution in [2.45, 2.75) is 33.1 Å². The highest BCUT2D eigenvalue weighted by molar-refractivity contribution is 7.91. The zero-order valence-corrected chi connectivity index (χ0v) is 13.0. The second kappa shape index (κ2) is 5.09. The van der Waals surface area contributed by atoms with Crippen molar-refractivity contribution in [3.8, 4) is 0 Å². The van der Waals surface area contributed by atoms with E-state index < -0.39 is 9.84 Å². The average Bonchev–Trinajstić information content (AvgIpc) is 2.81. The SMILES string of the molecule is CCS(=O)(=O)CNc1cc2ocnc2cc1C(C)(C)C. The van der Waals surface area contributed by atoms with Gasteiger partial charge < -0.3 is 9.73 Å². The van der Waals surface area contributed by atoms with Crippen LogP contribution < -0.4 is 5.32 Å². The molecule has 0 atom stereocenters. The van der Waals surface area contributed by atoms with E-state index in [1.165, 1.54) is 6.39 Å². The summed E-state index contributed by atoms with van der Waals surface area (Å²) in [7, 11) is -3.08. The Balaban J connectivity index is 2.44. The predicted octanol–water partition coefficient (Wildman–Crippen LogP) is 2.93. The Hall–Kier alpha value is -1.56. The molecule has 0 radical (unpaired) electrons. The van der Waals surface area contributed by atoms with E-state index in [0.717, 1.165) is 16.8 Å². The molecule has 0 bridgehead atoms. The standard InChI is InChI=1S/C14H20N2O3S/c1-5-20(17,18)9-16-11-7-13-12(15-8-19-13)6-10(11)14(2,3)4/h6-8,16H,5,9H2,1-4H3. The van der Waals surface area contributed by atoms with Crippen LogP contribution in [0.4, 0.5) is 5.69 Å². The molecule has 0 spiro atoms. The van der Waals surface area contributed by atoms with Crippen LogP contribution in [-0.4, -0.2) is 25.0 Å². The highest BCUT2D eigenvalue weighted by Gasteiger charge is 2.21. The highest BCUT2D eigenvalue weighted by Crippen LogP contribution is 2.33. The van der Waals surface area contributed by atoms with Crippen LogP contribution in [0.15, 0.2) is 22.9 Å². The molecule has 5 nitrogen and oxygen atoms in total. The number of anilines is 1. The van der Waals surface area contributed by atoms with Crippen molar-refractivity contribution in [2.75, 3.05) is 16.9 Å². The molecule has 0 aliphatic carbocycles. The fraction of sp³-hybridized carbons (Fsp3) is 0.500. The molecule has 6 heteroatoms. The van der Waals surface area contributed by atoms with Gasteiger partial charge in [-0.3, -0.25) is 0 Å². The molecule has 0 unspecified atom stereocenters. The van der Waals surface area contributed by atoms with Crippen molar-refractivity contribution in [1.82, 2.24) is 4.98 Å². The summed E-state index contributed by atoms with van der Waals surface area (Å²) >= 11 is 0. The lowest BCUT2D eigenvalue weighted by molar-refractivity contribution is 0.588. The molecule has 0 fully saturated rings. The molecule has 1 heterocycles. The van der Waals surface area contributed by atoms with Crippen LogP contribution >= 0.6 is 0 Å². The van der Waals surface area contributed by atoms with Gasteiger partial charge in [-0.2, -0.15) is 0 Å². The van der Waals surface area contributed by atoms with Crippen LogP contribution in [0.25, 0.3) is 11.1 Å². The number of nitrogens with one attached hydrogen (secondary N) is 1. The van der Waals surface area contributed by atoms with Gasteiger partial charge in [-0.15, -0.1) is 0 Å². The Morgan fingerprint density at radius 1 is 1.30 bits per heavy atom. The van der Waals surface area contributed by atoms with Gasteiger partial charge in [-0.05, 0) is 17.0 Å². The van der Waals surface area contributed by atoms with Gasteiger partial charge in [0, 0.05) is 17.5 Å². The third-order valence-electron chi connectivity index (χ3n) is 3.20. The minimum absolute atomic E-state index is 0.0772. The second-order valence-corrected chi connectivity index (χ2v) is 8.17. The summed E-state index contributed by atoms with van der Waals surface area (Å²) in [5.74, 6) is 0.0433. The van der Waals surface area contributed by atoms with E-state index in [1.54, 1.807) is 6.92 Å². The molecular formula is C14H20N2O3S. The summed E-state index contributed by atoms with van der Waals surface area (Å²) in [6.45, 7) is 7.87. The maximum atomic E-state index is 11.6. The van der Waals surface area contributed by atoms with Crippen LogP contribution in [0.3, 0.4) is 0 Å². The van der Waals surface area contributed by atoms with Crippen molar-refractivity contribution < 1.29 is 12.8 Å². The van der Waals surface area contributed by atoms with Gasteiger partial charge in [0.1, 0.15) is 11.4 Å². The maximum Gasteiger partial charge on any atom is 0.181 e. The lowest BCUT2D eigenvalue weighted by Gasteiger charge is -2.23. The lowest BCUT2D eigenvalue weighted by atomic mass is 9.85. The van der Waals surface area contributed by atoms with Crippen molar-refractivity contribution in [1.29, 1.82) is 0 Å². The maximum absolute atomic E-state index is 11.6. The van der Waals surface area contributed by atoms with E-state index in [0.29, 0.717) is 5.58 Å². The Bertz CT molecular complexity index is 712. The van der Waals surface area contributed by atoms with Gasteiger partial charge in [0.25, 0.3) is 0 Å². The molecule has 20 heavy (non-hydrogen) atoms. The third-order valence-corrected chi connectivity index (χ3v) is 4.66. The van der Waals surface area contributed by atoms with Crippen LogP contribution in [0, 0.1) is 0 Å². The van der Waals surface area contributed by atoms with Gasteiger partial charge in [0.2, 0.25) is 0 Å². The molecule has 0 saturated heterocycles. The quantitative estimate of drug-likeness (QED) is 0.939. The van der Waals surface area contributed by atoms with Gasteiger partial charge in [0.05, 0.1) is 0 Å². The molecule has 2 aromatic rings. The zero-order valence-electron chi connectivity index (χ0n) is 12.2. The molecule has 1 aromatic heterocycles. The molecule has 0 aliphatic heterocycles. The number of rotatable bonds is 4. The van der Waals surface area contributed by atoms with E-state index >= 15 is 0 Å². The Kier molecular flexibility index (Phi) is 3.77. The molecular weight excluding hydrogens is 276 g/mol. The Morgan fingerprint density at radius 2 is 2.00 bits per heavy atom. The molecule has 1 aromatic carbocycles. The van der Waals surface area contributed by atoms with E-state index in [2.05, 4.69) is 31.1 Å². The van der Waals surface area contributed by atoms with E-state index in [9.17, 15) is 8.42 Å². The molecule has 2 rings (SSSR count). The molecule has 0 aliphatic rings. The van der Waals surface area contributed by atoms with E-state index in [1.807, 2.05) is 12.1 Å². The number of fused-ring (bicyclic) bond motifs is 1. The van der Waals surface area contributed by atoms with Crippen LogP contribution in [0.2, 0.25) is 0 Å². The fourth-order valence-corrected chi connectivity index (χ4v) is 2.54. The molecule has 110 valence electrons. The topological polar surface area (TPSA) is 72.2 Å². The lowest BCUT2D eigenvalue weighted by Crippen LogP contribution is -2.20. The molecule has 0 amide bonds.